The van der Waals surface area contributed by atoms with Crippen LogP contribution in [0.2, 0.25) is 0 Å². The summed E-state index contributed by atoms with van der Waals surface area (Å²) in [5, 5.41) is 4.27. The fraction of sp³-hybridized carbons (Fsp3) is 0.105. The molecule has 0 unspecified atom stereocenters. The van der Waals surface area contributed by atoms with Crippen molar-refractivity contribution in [3.63, 3.8) is 0 Å². The van der Waals surface area contributed by atoms with Crippen LogP contribution < -0.4 is 5.32 Å². The lowest BCUT2D eigenvalue weighted by molar-refractivity contribution is -0.137. The number of hydrogen-bond donors (Lipinski definition) is 1. The minimum Gasteiger partial charge on any atom is -0.325 e. The molecule has 3 aromatic rings. The second-order valence-electron chi connectivity index (χ2n) is 5.41. The summed E-state index contributed by atoms with van der Waals surface area (Å²) in [5.74, 6) is -0.483. The first-order valence-corrected chi connectivity index (χ1v) is 7.38. The van der Waals surface area contributed by atoms with Crippen LogP contribution in [-0.2, 0) is 17.4 Å². The van der Waals surface area contributed by atoms with Gasteiger partial charge in [0.15, 0.2) is 0 Å². The fourth-order valence-corrected chi connectivity index (χ4v) is 2.65. The second kappa shape index (κ2) is 6.35. The largest absolute Gasteiger partial charge is 0.418 e. The summed E-state index contributed by atoms with van der Waals surface area (Å²) in [6.45, 7) is 0. The van der Waals surface area contributed by atoms with E-state index in [9.17, 15) is 18.0 Å². The van der Waals surface area contributed by atoms with E-state index >= 15 is 0 Å². The van der Waals surface area contributed by atoms with Gasteiger partial charge in [0.2, 0.25) is 5.91 Å². The predicted octanol–water partition coefficient (Wildman–Crippen LogP) is 5.04. The van der Waals surface area contributed by atoms with Crippen LogP contribution in [0.25, 0.3) is 10.8 Å². The van der Waals surface area contributed by atoms with Crippen molar-refractivity contribution in [2.24, 2.45) is 0 Å². The first-order chi connectivity index (χ1) is 11.4. The van der Waals surface area contributed by atoms with Crippen molar-refractivity contribution in [3.05, 3.63) is 77.9 Å². The first-order valence-electron chi connectivity index (χ1n) is 7.38. The van der Waals surface area contributed by atoms with Crippen molar-refractivity contribution >= 4 is 22.4 Å². The summed E-state index contributed by atoms with van der Waals surface area (Å²) in [4.78, 5) is 12.2. The summed E-state index contributed by atoms with van der Waals surface area (Å²) in [7, 11) is 0. The average molecular weight is 329 g/mol. The molecule has 0 bridgehead atoms. The van der Waals surface area contributed by atoms with E-state index in [1.165, 1.54) is 18.2 Å². The van der Waals surface area contributed by atoms with Gasteiger partial charge < -0.3 is 5.32 Å². The van der Waals surface area contributed by atoms with Gasteiger partial charge in [0.05, 0.1) is 17.7 Å². The number of halogens is 3. The number of nitrogens with one attached hydrogen (secondary N) is 1. The highest BCUT2D eigenvalue weighted by molar-refractivity contribution is 5.96. The predicted molar refractivity (Wildman–Crippen MR) is 87.7 cm³/mol. The normalized spacial score (nSPS) is 11.5. The molecule has 1 N–H and O–H groups in total. The minimum absolute atomic E-state index is 0.00748. The molecule has 0 spiro atoms. The Bertz CT molecular complexity index is 882. The van der Waals surface area contributed by atoms with Crippen LogP contribution in [0.15, 0.2) is 66.7 Å². The summed E-state index contributed by atoms with van der Waals surface area (Å²) in [6.07, 6.45) is -4.50. The van der Waals surface area contributed by atoms with Crippen molar-refractivity contribution < 1.29 is 18.0 Å². The van der Waals surface area contributed by atoms with E-state index < -0.39 is 17.6 Å². The quantitative estimate of drug-likeness (QED) is 0.716. The Balaban J connectivity index is 1.84. The third kappa shape index (κ3) is 3.40. The smallest absolute Gasteiger partial charge is 0.325 e. The van der Waals surface area contributed by atoms with E-state index in [1.807, 2.05) is 36.4 Å². The number of alkyl halides is 3. The molecule has 0 saturated carbocycles. The van der Waals surface area contributed by atoms with Gasteiger partial charge in [-0.3, -0.25) is 4.79 Å². The van der Waals surface area contributed by atoms with Crippen LogP contribution in [0.3, 0.4) is 0 Å². The maximum absolute atomic E-state index is 13.0. The van der Waals surface area contributed by atoms with Crippen LogP contribution in [-0.4, -0.2) is 5.91 Å². The van der Waals surface area contributed by atoms with Gasteiger partial charge >= 0.3 is 6.18 Å². The molecule has 2 nitrogen and oxygen atoms in total. The molecular formula is C19H14F3NO. The molecule has 0 fully saturated rings. The van der Waals surface area contributed by atoms with E-state index in [1.54, 1.807) is 6.07 Å². The molecular weight excluding hydrogens is 315 g/mol. The Morgan fingerprint density at radius 2 is 1.54 bits per heavy atom. The molecule has 0 aliphatic carbocycles. The first kappa shape index (κ1) is 16.1. The van der Waals surface area contributed by atoms with Crippen molar-refractivity contribution in [2.75, 3.05) is 5.32 Å². The number of anilines is 1. The summed E-state index contributed by atoms with van der Waals surface area (Å²) >= 11 is 0. The van der Waals surface area contributed by atoms with Gasteiger partial charge in [-0.25, -0.2) is 0 Å². The zero-order chi connectivity index (χ0) is 17.2. The van der Waals surface area contributed by atoms with E-state index in [0.717, 1.165) is 22.4 Å². The summed E-state index contributed by atoms with van der Waals surface area (Å²) in [5.41, 5.74) is -0.304. The summed E-state index contributed by atoms with van der Waals surface area (Å²) in [6, 6.07) is 18.1. The standard InChI is InChI=1S/C19H14F3NO/c20-19(21,22)16-10-3-4-11-17(16)23-18(24)12-14-8-5-7-13-6-1-2-9-15(13)14/h1-11H,12H2,(H,23,24). The molecule has 0 heterocycles. The minimum atomic E-state index is -4.51. The van der Waals surface area contributed by atoms with E-state index in [4.69, 9.17) is 0 Å². The highest BCUT2D eigenvalue weighted by Crippen LogP contribution is 2.34. The maximum atomic E-state index is 13.0. The van der Waals surface area contributed by atoms with Gasteiger partial charge in [-0.15, -0.1) is 0 Å². The molecule has 3 aromatic carbocycles. The third-order valence-corrected chi connectivity index (χ3v) is 3.74. The average Bonchev–Trinajstić information content (AvgIpc) is 2.54. The Labute approximate surface area is 136 Å². The molecule has 24 heavy (non-hydrogen) atoms. The lowest BCUT2D eigenvalue weighted by atomic mass is 10.0. The van der Waals surface area contributed by atoms with Crippen LogP contribution in [0.1, 0.15) is 11.1 Å². The third-order valence-electron chi connectivity index (χ3n) is 3.74. The molecule has 0 saturated heterocycles. The van der Waals surface area contributed by atoms with Crippen molar-refractivity contribution in [1.29, 1.82) is 0 Å². The Morgan fingerprint density at radius 3 is 2.33 bits per heavy atom. The second-order valence-corrected chi connectivity index (χ2v) is 5.41. The molecule has 1 amide bonds. The molecule has 0 aromatic heterocycles. The maximum Gasteiger partial charge on any atom is 0.418 e. The van der Waals surface area contributed by atoms with Gasteiger partial charge in [-0.2, -0.15) is 13.2 Å². The topological polar surface area (TPSA) is 29.1 Å². The molecule has 0 atom stereocenters. The number of benzene rings is 3. The monoisotopic (exact) mass is 329 g/mol. The zero-order valence-electron chi connectivity index (χ0n) is 12.6. The lowest BCUT2D eigenvalue weighted by Gasteiger charge is -2.14. The van der Waals surface area contributed by atoms with Gasteiger partial charge in [-0.1, -0.05) is 54.6 Å². The lowest BCUT2D eigenvalue weighted by Crippen LogP contribution is -2.18. The van der Waals surface area contributed by atoms with E-state index in [0.29, 0.717) is 0 Å². The highest BCUT2D eigenvalue weighted by atomic mass is 19.4. The highest BCUT2D eigenvalue weighted by Gasteiger charge is 2.33. The van der Waals surface area contributed by atoms with Crippen LogP contribution >= 0.6 is 0 Å². The number of hydrogen-bond acceptors (Lipinski definition) is 1. The number of fused-ring (bicyclic) bond motifs is 1. The Hall–Kier alpha value is -2.82. The van der Waals surface area contributed by atoms with Crippen LogP contribution in [0.5, 0.6) is 0 Å². The number of para-hydroxylation sites is 1. The Kier molecular flexibility index (Phi) is 4.25. The molecule has 0 aliphatic heterocycles. The van der Waals surface area contributed by atoms with Crippen molar-refractivity contribution in [2.45, 2.75) is 12.6 Å². The van der Waals surface area contributed by atoms with E-state index in [-0.39, 0.29) is 12.1 Å². The van der Waals surface area contributed by atoms with Gasteiger partial charge in [0, 0.05) is 0 Å². The van der Waals surface area contributed by atoms with E-state index in [2.05, 4.69) is 5.32 Å². The SMILES string of the molecule is O=C(Cc1cccc2ccccc12)Nc1ccccc1C(F)(F)F. The van der Waals surface area contributed by atoms with Crippen molar-refractivity contribution in [3.8, 4) is 0 Å². The molecule has 122 valence electrons. The number of carbonyl (C=O) groups is 1. The zero-order valence-corrected chi connectivity index (χ0v) is 12.6. The van der Waals surface area contributed by atoms with Crippen LogP contribution in [0.4, 0.5) is 18.9 Å². The molecule has 0 radical (unpaired) electrons. The molecule has 0 aliphatic rings. The summed E-state index contributed by atoms with van der Waals surface area (Å²) < 4.78 is 38.9. The molecule has 3 rings (SSSR count). The van der Waals surface area contributed by atoms with Crippen LogP contribution in [0, 0.1) is 0 Å². The van der Waals surface area contributed by atoms with Gasteiger partial charge in [0.1, 0.15) is 0 Å². The molecule has 5 heteroatoms. The Morgan fingerprint density at radius 1 is 0.875 bits per heavy atom. The van der Waals surface area contributed by atoms with Crippen molar-refractivity contribution in [1.82, 2.24) is 0 Å². The fourth-order valence-electron chi connectivity index (χ4n) is 2.65. The van der Waals surface area contributed by atoms with Gasteiger partial charge in [0.25, 0.3) is 0 Å². The van der Waals surface area contributed by atoms with Gasteiger partial charge in [-0.05, 0) is 28.5 Å². The number of rotatable bonds is 3. The number of amides is 1. The number of carbonyl (C=O) groups excluding carboxylic acids is 1.